The molecule has 2 aromatic rings. The van der Waals surface area contributed by atoms with Crippen molar-refractivity contribution in [2.45, 2.75) is 19.4 Å². The number of nitrogens with one attached hydrogen (secondary N) is 1. The van der Waals surface area contributed by atoms with Gasteiger partial charge >= 0.3 is 0 Å². The molecule has 0 unspecified atom stereocenters. The highest BCUT2D eigenvalue weighted by atomic mass is 127. The predicted molar refractivity (Wildman–Crippen MR) is 134 cm³/mol. The van der Waals surface area contributed by atoms with E-state index in [4.69, 9.17) is 18.9 Å². The maximum absolute atomic E-state index is 5.48. The number of hydrogen-bond acceptors (Lipinski definition) is 5. The highest BCUT2D eigenvalue weighted by molar-refractivity contribution is 14.0. The van der Waals surface area contributed by atoms with E-state index in [2.05, 4.69) is 27.3 Å². The predicted octanol–water partition coefficient (Wildman–Crippen LogP) is 3.52. The maximum atomic E-state index is 5.48. The molecule has 0 aromatic heterocycles. The van der Waals surface area contributed by atoms with Crippen molar-refractivity contribution < 1.29 is 18.9 Å². The van der Waals surface area contributed by atoms with Crippen LogP contribution in [0.15, 0.2) is 35.3 Å². The molecule has 0 saturated heterocycles. The van der Waals surface area contributed by atoms with Crippen molar-refractivity contribution in [3.05, 3.63) is 47.0 Å². The normalized spacial score (nSPS) is 13.1. The summed E-state index contributed by atoms with van der Waals surface area (Å²) in [6.07, 6.45) is 1.73. The van der Waals surface area contributed by atoms with Gasteiger partial charge in [-0.3, -0.25) is 4.99 Å². The second-order valence-corrected chi connectivity index (χ2v) is 7.05. The molecule has 3 rings (SSSR count). The zero-order valence-corrected chi connectivity index (χ0v) is 21.2. The van der Waals surface area contributed by atoms with Crippen LogP contribution < -0.4 is 24.3 Å². The van der Waals surface area contributed by atoms with Crippen LogP contribution in [0.25, 0.3) is 0 Å². The molecule has 0 atom stereocenters. The molecule has 0 fully saturated rings. The Morgan fingerprint density at radius 1 is 0.935 bits per heavy atom. The molecule has 0 radical (unpaired) electrons. The first-order valence-electron chi connectivity index (χ1n) is 10.0. The number of halogens is 1. The van der Waals surface area contributed by atoms with Crippen LogP contribution in [0.4, 0.5) is 0 Å². The summed E-state index contributed by atoms with van der Waals surface area (Å²) < 4.78 is 21.7. The molecule has 1 aliphatic rings. The lowest BCUT2D eigenvalue weighted by molar-refractivity contribution is 0.346. The number of methoxy groups -OCH3 is 4. The summed E-state index contributed by atoms with van der Waals surface area (Å²) in [5, 5.41) is 3.48. The van der Waals surface area contributed by atoms with Gasteiger partial charge in [0.25, 0.3) is 0 Å². The Bertz CT molecular complexity index is 905. The third-order valence-corrected chi connectivity index (χ3v) is 5.39. The summed E-state index contributed by atoms with van der Waals surface area (Å²) in [7, 11) is 8.51. The minimum absolute atomic E-state index is 0. The number of benzene rings is 2. The number of aliphatic imine (C=N–C) groups is 1. The summed E-state index contributed by atoms with van der Waals surface area (Å²) in [6, 6.07) is 10.0. The van der Waals surface area contributed by atoms with E-state index in [0.717, 1.165) is 67.0 Å². The smallest absolute Gasteiger partial charge is 0.193 e. The van der Waals surface area contributed by atoms with Crippen LogP contribution >= 0.6 is 24.0 Å². The Kier molecular flexibility index (Phi) is 9.54. The summed E-state index contributed by atoms with van der Waals surface area (Å²) >= 11 is 0. The molecule has 31 heavy (non-hydrogen) atoms. The van der Waals surface area contributed by atoms with E-state index < -0.39 is 0 Å². The fraction of sp³-hybridized carbons (Fsp3) is 0.435. The molecule has 1 aliphatic heterocycles. The van der Waals surface area contributed by atoms with Gasteiger partial charge in [-0.15, -0.1) is 24.0 Å². The Morgan fingerprint density at radius 3 is 2.23 bits per heavy atom. The SMILES string of the molecule is CN=C(NCCc1cc(OC)ccc1OC)N1CCc2cc(OC)c(OC)cc2C1.I. The van der Waals surface area contributed by atoms with Gasteiger partial charge < -0.3 is 29.2 Å². The van der Waals surface area contributed by atoms with Crippen LogP contribution in [-0.4, -0.2) is 59.4 Å². The first kappa shape index (κ1) is 24.9. The lowest BCUT2D eigenvalue weighted by atomic mass is 9.99. The van der Waals surface area contributed by atoms with Crippen molar-refractivity contribution in [1.82, 2.24) is 10.2 Å². The topological polar surface area (TPSA) is 64.6 Å². The van der Waals surface area contributed by atoms with Crippen LogP contribution in [0.1, 0.15) is 16.7 Å². The molecule has 0 amide bonds. The van der Waals surface area contributed by atoms with Crippen LogP contribution in [-0.2, 0) is 19.4 Å². The summed E-state index contributed by atoms with van der Waals surface area (Å²) in [4.78, 5) is 6.75. The van der Waals surface area contributed by atoms with Gasteiger partial charge in [0.1, 0.15) is 11.5 Å². The van der Waals surface area contributed by atoms with E-state index >= 15 is 0 Å². The lowest BCUT2D eigenvalue weighted by Crippen LogP contribution is -2.44. The molecule has 1 N–H and O–H groups in total. The molecule has 2 aromatic carbocycles. The van der Waals surface area contributed by atoms with Crippen molar-refractivity contribution in [2.24, 2.45) is 4.99 Å². The molecular weight excluding hydrogens is 509 g/mol. The largest absolute Gasteiger partial charge is 0.497 e. The Labute approximate surface area is 201 Å². The second kappa shape index (κ2) is 11.9. The first-order valence-corrected chi connectivity index (χ1v) is 10.0. The van der Waals surface area contributed by atoms with E-state index in [-0.39, 0.29) is 24.0 Å². The Morgan fingerprint density at radius 2 is 1.61 bits per heavy atom. The number of hydrogen-bond donors (Lipinski definition) is 1. The highest BCUT2D eigenvalue weighted by Crippen LogP contribution is 2.33. The minimum atomic E-state index is 0. The van der Waals surface area contributed by atoms with Gasteiger partial charge in [0.05, 0.1) is 28.4 Å². The van der Waals surface area contributed by atoms with Gasteiger partial charge in [0.2, 0.25) is 0 Å². The average Bonchev–Trinajstić information content (AvgIpc) is 2.80. The standard InChI is InChI=1S/C23H31N3O4.HI/c1-24-23(25-10-8-17-12-19(27-2)6-7-20(17)28-3)26-11-9-16-13-21(29-4)22(30-5)14-18(16)15-26;/h6-7,12-14H,8-11,15H2,1-5H3,(H,24,25);1H. The van der Waals surface area contributed by atoms with Crippen molar-refractivity contribution in [3.8, 4) is 23.0 Å². The summed E-state index contributed by atoms with van der Waals surface area (Å²) in [6.45, 7) is 2.41. The molecule has 1 heterocycles. The van der Waals surface area contributed by atoms with Crippen molar-refractivity contribution in [3.63, 3.8) is 0 Å². The fourth-order valence-electron chi connectivity index (χ4n) is 3.78. The molecule has 0 saturated carbocycles. The number of fused-ring (bicyclic) bond motifs is 1. The third-order valence-electron chi connectivity index (χ3n) is 5.39. The third kappa shape index (κ3) is 5.87. The van der Waals surface area contributed by atoms with Crippen LogP contribution in [0.3, 0.4) is 0 Å². The number of nitrogens with zero attached hydrogens (tertiary/aromatic N) is 2. The number of rotatable bonds is 7. The Hall–Kier alpha value is -2.36. The van der Waals surface area contributed by atoms with Crippen LogP contribution in [0.5, 0.6) is 23.0 Å². The summed E-state index contributed by atoms with van der Waals surface area (Å²) in [5.74, 6) is 4.11. The van der Waals surface area contributed by atoms with Gasteiger partial charge in [-0.1, -0.05) is 0 Å². The highest BCUT2D eigenvalue weighted by Gasteiger charge is 2.21. The quantitative estimate of drug-likeness (QED) is 0.329. The Balaban J connectivity index is 0.00000341. The first-order chi connectivity index (χ1) is 14.6. The van der Waals surface area contributed by atoms with E-state index in [9.17, 15) is 0 Å². The zero-order chi connectivity index (χ0) is 21.5. The maximum Gasteiger partial charge on any atom is 0.193 e. The van der Waals surface area contributed by atoms with E-state index in [1.807, 2.05) is 25.2 Å². The number of guanidine groups is 1. The monoisotopic (exact) mass is 541 g/mol. The average molecular weight is 541 g/mol. The van der Waals surface area contributed by atoms with Crippen molar-refractivity contribution in [2.75, 3.05) is 48.6 Å². The molecule has 170 valence electrons. The van der Waals surface area contributed by atoms with Crippen LogP contribution in [0, 0.1) is 0 Å². The molecule has 0 aliphatic carbocycles. The summed E-state index contributed by atoms with van der Waals surface area (Å²) in [5.41, 5.74) is 3.62. The van der Waals surface area contributed by atoms with Crippen molar-refractivity contribution in [1.29, 1.82) is 0 Å². The van der Waals surface area contributed by atoms with Gasteiger partial charge in [-0.25, -0.2) is 0 Å². The fourth-order valence-corrected chi connectivity index (χ4v) is 3.78. The second-order valence-electron chi connectivity index (χ2n) is 7.05. The molecule has 0 bridgehead atoms. The lowest BCUT2D eigenvalue weighted by Gasteiger charge is -2.32. The zero-order valence-electron chi connectivity index (χ0n) is 18.9. The van der Waals surface area contributed by atoms with Crippen LogP contribution in [0.2, 0.25) is 0 Å². The van der Waals surface area contributed by atoms with Gasteiger partial charge in [0.15, 0.2) is 17.5 Å². The van der Waals surface area contributed by atoms with E-state index in [1.165, 1.54) is 11.1 Å². The van der Waals surface area contributed by atoms with E-state index in [1.54, 1.807) is 28.4 Å². The molecule has 8 heteroatoms. The van der Waals surface area contributed by atoms with Gasteiger partial charge in [-0.05, 0) is 59.9 Å². The van der Waals surface area contributed by atoms with Crippen molar-refractivity contribution >= 4 is 29.9 Å². The molecule has 0 spiro atoms. The minimum Gasteiger partial charge on any atom is -0.497 e. The molecule has 7 nitrogen and oxygen atoms in total. The van der Waals surface area contributed by atoms with Gasteiger partial charge in [-0.2, -0.15) is 0 Å². The van der Waals surface area contributed by atoms with E-state index in [0.29, 0.717) is 0 Å². The molecular formula is C23H32IN3O4. The number of ether oxygens (including phenoxy) is 4. The van der Waals surface area contributed by atoms with Gasteiger partial charge in [0, 0.05) is 26.7 Å².